The van der Waals surface area contributed by atoms with Crippen molar-refractivity contribution in [1.82, 2.24) is 9.91 Å². The Kier molecular flexibility index (Phi) is 7.09. The average Bonchev–Trinajstić information content (AvgIpc) is 3.56. The van der Waals surface area contributed by atoms with Gasteiger partial charge < -0.3 is 9.64 Å². The fraction of sp³-hybridized carbons (Fsp3) is 0.261. The Morgan fingerprint density at radius 2 is 1.94 bits per heavy atom. The second kappa shape index (κ2) is 10.2. The van der Waals surface area contributed by atoms with E-state index >= 15 is 0 Å². The Morgan fingerprint density at radius 3 is 2.62 bits per heavy atom. The van der Waals surface area contributed by atoms with Crippen LogP contribution in [0.15, 0.2) is 64.4 Å². The number of methoxy groups -OCH3 is 1. The first-order valence-corrected chi connectivity index (χ1v) is 11.8. The van der Waals surface area contributed by atoms with E-state index in [0.29, 0.717) is 6.42 Å². The second-order valence-electron chi connectivity index (χ2n) is 7.20. The van der Waals surface area contributed by atoms with Gasteiger partial charge in [0.15, 0.2) is 0 Å². The number of carbonyl (C=O) groups is 2. The number of hydrogen-bond donors (Lipinski definition) is 0. The van der Waals surface area contributed by atoms with Crippen LogP contribution in [0.2, 0.25) is 0 Å². The maximum Gasteiger partial charge on any atom is 0.262 e. The van der Waals surface area contributed by atoms with Gasteiger partial charge in [-0.15, -0.1) is 22.7 Å². The number of halogens is 1. The van der Waals surface area contributed by atoms with Gasteiger partial charge in [0.2, 0.25) is 0 Å². The number of nitrogens with zero attached hydrogens (tertiary/aromatic N) is 3. The number of hydrazone groups is 1. The van der Waals surface area contributed by atoms with Gasteiger partial charge in [-0.1, -0.05) is 24.3 Å². The largest absolute Gasteiger partial charge is 0.383 e. The van der Waals surface area contributed by atoms with Gasteiger partial charge in [-0.05, 0) is 35.0 Å². The molecule has 166 valence electrons. The fourth-order valence-electron chi connectivity index (χ4n) is 3.53. The maximum atomic E-state index is 14.2. The van der Waals surface area contributed by atoms with E-state index in [1.807, 2.05) is 35.0 Å². The average molecular weight is 472 g/mol. The molecule has 1 aromatic carbocycles. The summed E-state index contributed by atoms with van der Waals surface area (Å²) < 4.78 is 19.3. The summed E-state index contributed by atoms with van der Waals surface area (Å²) >= 11 is 3.14. The van der Waals surface area contributed by atoms with Crippen molar-refractivity contribution in [2.24, 2.45) is 5.10 Å². The summed E-state index contributed by atoms with van der Waals surface area (Å²) in [5, 5.41) is 10.0. The minimum Gasteiger partial charge on any atom is -0.383 e. The molecule has 0 unspecified atom stereocenters. The lowest BCUT2D eigenvalue weighted by molar-refractivity contribution is -0.133. The zero-order chi connectivity index (χ0) is 22.5. The molecule has 32 heavy (non-hydrogen) atoms. The Bertz CT molecular complexity index is 1100. The van der Waals surface area contributed by atoms with E-state index in [1.165, 1.54) is 35.2 Å². The van der Waals surface area contributed by atoms with Crippen molar-refractivity contribution in [3.05, 3.63) is 80.4 Å². The van der Waals surface area contributed by atoms with E-state index in [0.717, 1.165) is 15.5 Å². The van der Waals surface area contributed by atoms with Crippen molar-refractivity contribution in [2.45, 2.75) is 12.5 Å². The van der Waals surface area contributed by atoms with Gasteiger partial charge in [0.25, 0.3) is 11.8 Å². The molecule has 1 aliphatic rings. The van der Waals surface area contributed by atoms with Crippen LogP contribution in [-0.4, -0.2) is 54.2 Å². The van der Waals surface area contributed by atoms with E-state index < -0.39 is 11.7 Å². The molecule has 0 N–H and O–H groups in total. The van der Waals surface area contributed by atoms with Crippen LogP contribution in [-0.2, 0) is 9.53 Å². The van der Waals surface area contributed by atoms with Gasteiger partial charge in [0.1, 0.15) is 12.4 Å². The molecule has 9 heteroatoms. The van der Waals surface area contributed by atoms with Crippen LogP contribution >= 0.6 is 22.7 Å². The van der Waals surface area contributed by atoms with Crippen LogP contribution in [0.25, 0.3) is 0 Å². The van der Waals surface area contributed by atoms with Gasteiger partial charge in [0.05, 0.1) is 28.8 Å². The van der Waals surface area contributed by atoms with Crippen LogP contribution in [0.1, 0.15) is 32.6 Å². The Balaban J connectivity index is 1.59. The van der Waals surface area contributed by atoms with E-state index in [9.17, 15) is 14.0 Å². The number of carbonyl (C=O) groups excluding carboxylic acids is 2. The van der Waals surface area contributed by atoms with Crippen LogP contribution in [0.5, 0.6) is 0 Å². The van der Waals surface area contributed by atoms with Crippen molar-refractivity contribution in [3.63, 3.8) is 0 Å². The molecule has 1 aliphatic heterocycles. The molecule has 0 spiro atoms. The summed E-state index contributed by atoms with van der Waals surface area (Å²) in [6, 6.07) is 13.4. The number of ether oxygens (including phenoxy) is 1. The Hall–Kier alpha value is -2.88. The highest BCUT2D eigenvalue weighted by Gasteiger charge is 2.35. The summed E-state index contributed by atoms with van der Waals surface area (Å²) in [7, 11) is 1.51. The van der Waals surface area contributed by atoms with E-state index in [1.54, 1.807) is 28.7 Å². The minimum atomic E-state index is -0.622. The Morgan fingerprint density at radius 1 is 1.16 bits per heavy atom. The lowest BCUT2D eigenvalue weighted by atomic mass is 10.1. The smallest absolute Gasteiger partial charge is 0.262 e. The summed E-state index contributed by atoms with van der Waals surface area (Å²) in [4.78, 5) is 29.7. The standard InChI is InChI=1S/C23H22FN3O3S2/c1-30-11-10-26(23(29)16-6-2-3-7-17(16)24)15-22(28)27-19(21-9-5-13-32-21)14-18(25-27)20-8-4-12-31-20/h2-9,12-13,19H,10-11,14-15H2,1H3/t19-/m1/s1. The predicted octanol–water partition coefficient (Wildman–Crippen LogP) is 4.42. The normalized spacial score (nSPS) is 15.6. The van der Waals surface area contributed by atoms with Crippen molar-refractivity contribution in [3.8, 4) is 0 Å². The SMILES string of the molecule is COCCN(CC(=O)N1N=C(c2cccs2)C[C@@H]1c1cccs1)C(=O)c1ccccc1F. The molecular weight excluding hydrogens is 449 g/mol. The quantitative estimate of drug-likeness (QED) is 0.489. The van der Waals surface area contributed by atoms with Gasteiger partial charge in [-0.25, -0.2) is 9.40 Å². The molecule has 4 rings (SSSR count). The molecule has 0 aliphatic carbocycles. The van der Waals surface area contributed by atoms with Crippen molar-refractivity contribution in [1.29, 1.82) is 0 Å². The van der Waals surface area contributed by atoms with Gasteiger partial charge in [-0.2, -0.15) is 5.10 Å². The Labute approximate surface area is 193 Å². The number of thiophene rings is 2. The highest BCUT2D eigenvalue weighted by molar-refractivity contribution is 7.12. The van der Waals surface area contributed by atoms with Gasteiger partial charge in [-0.3, -0.25) is 9.59 Å². The summed E-state index contributed by atoms with van der Waals surface area (Å²) in [5.41, 5.74) is 0.769. The van der Waals surface area contributed by atoms with Gasteiger partial charge in [0, 0.05) is 25.0 Å². The first-order valence-electron chi connectivity index (χ1n) is 10.1. The predicted molar refractivity (Wildman–Crippen MR) is 124 cm³/mol. The number of rotatable bonds is 8. The topological polar surface area (TPSA) is 62.2 Å². The molecule has 6 nitrogen and oxygen atoms in total. The van der Waals surface area contributed by atoms with E-state index in [-0.39, 0.29) is 37.2 Å². The molecule has 2 amide bonds. The van der Waals surface area contributed by atoms with Crippen LogP contribution < -0.4 is 0 Å². The minimum absolute atomic E-state index is 0.0737. The zero-order valence-corrected chi connectivity index (χ0v) is 19.1. The van der Waals surface area contributed by atoms with E-state index in [4.69, 9.17) is 4.74 Å². The van der Waals surface area contributed by atoms with Crippen LogP contribution in [0.3, 0.4) is 0 Å². The summed E-state index contributed by atoms with van der Waals surface area (Å²) in [6.07, 6.45) is 0.603. The number of amides is 2. The van der Waals surface area contributed by atoms with Crippen molar-refractivity contribution < 1.29 is 18.7 Å². The third-order valence-corrected chi connectivity index (χ3v) is 7.02. The van der Waals surface area contributed by atoms with E-state index in [2.05, 4.69) is 5.10 Å². The lowest BCUT2D eigenvalue weighted by Crippen LogP contribution is -2.43. The monoisotopic (exact) mass is 471 g/mol. The molecule has 0 bridgehead atoms. The fourth-order valence-corrected chi connectivity index (χ4v) is 5.06. The molecule has 1 atom stereocenters. The summed E-state index contributed by atoms with van der Waals surface area (Å²) in [5.74, 6) is -1.50. The molecule has 0 saturated heterocycles. The third kappa shape index (κ3) is 4.79. The number of hydrogen-bond acceptors (Lipinski definition) is 6. The molecule has 3 aromatic rings. The first-order chi connectivity index (χ1) is 15.6. The van der Waals surface area contributed by atoms with Crippen molar-refractivity contribution >= 4 is 40.2 Å². The molecule has 3 heterocycles. The number of benzene rings is 1. The molecular formula is C23H22FN3O3S2. The summed E-state index contributed by atoms with van der Waals surface area (Å²) in [6.45, 7) is 0.166. The van der Waals surface area contributed by atoms with Crippen LogP contribution in [0, 0.1) is 5.82 Å². The first kappa shape index (κ1) is 22.3. The van der Waals surface area contributed by atoms with Gasteiger partial charge >= 0.3 is 0 Å². The molecule has 0 radical (unpaired) electrons. The lowest BCUT2D eigenvalue weighted by Gasteiger charge is -2.26. The second-order valence-corrected chi connectivity index (χ2v) is 9.12. The maximum absolute atomic E-state index is 14.2. The molecule has 0 fully saturated rings. The molecule has 0 saturated carbocycles. The molecule has 2 aromatic heterocycles. The van der Waals surface area contributed by atoms with Crippen LogP contribution in [0.4, 0.5) is 4.39 Å². The van der Waals surface area contributed by atoms with Crippen molar-refractivity contribution in [2.75, 3.05) is 26.8 Å². The third-order valence-electron chi connectivity index (χ3n) is 5.13. The highest BCUT2D eigenvalue weighted by atomic mass is 32.1. The highest BCUT2D eigenvalue weighted by Crippen LogP contribution is 2.36. The zero-order valence-electron chi connectivity index (χ0n) is 17.4.